The normalized spacial score (nSPS) is 13.1. The molecule has 0 saturated heterocycles. The number of ketones is 1. The van der Waals surface area contributed by atoms with Gasteiger partial charge in [-0.15, -0.1) is 0 Å². The molecule has 24 nitrogen and oxygen atoms in total. The molecule has 0 unspecified atom stereocenters. The Bertz CT molecular complexity index is 1690. The van der Waals surface area contributed by atoms with Crippen molar-refractivity contribution in [1.82, 2.24) is 37.2 Å². The van der Waals surface area contributed by atoms with Crippen LogP contribution in [0.3, 0.4) is 0 Å². The van der Waals surface area contributed by atoms with Crippen molar-refractivity contribution in [1.29, 1.82) is 0 Å². The van der Waals surface area contributed by atoms with Gasteiger partial charge in [0.2, 0.25) is 41.4 Å². The van der Waals surface area contributed by atoms with Crippen LogP contribution in [0.2, 0.25) is 0 Å². The van der Waals surface area contributed by atoms with Crippen molar-refractivity contribution in [2.45, 2.75) is 101 Å². The number of hydrogen-bond acceptors (Lipinski definition) is 15. The van der Waals surface area contributed by atoms with Gasteiger partial charge < -0.3 is 72.6 Å². The summed E-state index contributed by atoms with van der Waals surface area (Å²) >= 11 is 0. The molecule has 0 radical (unpaired) electrons. The largest absolute Gasteiger partial charge is 0.494 e. The van der Waals surface area contributed by atoms with E-state index in [4.69, 9.17) is 9.84 Å². The Hall–Kier alpha value is -6.24. The van der Waals surface area contributed by atoms with Crippen molar-refractivity contribution in [2.24, 2.45) is 0 Å². The zero-order valence-electron chi connectivity index (χ0n) is 34.9. The molecule has 0 aliphatic carbocycles. The van der Waals surface area contributed by atoms with Gasteiger partial charge in [0.15, 0.2) is 0 Å². The lowest BCUT2D eigenvalue weighted by atomic mass is 10.1. The summed E-state index contributed by atoms with van der Waals surface area (Å²) in [7, 11) is 0. The highest BCUT2D eigenvalue weighted by molar-refractivity contribution is 5.96. The van der Waals surface area contributed by atoms with Crippen LogP contribution >= 0.6 is 0 Å². The zero-order valence-corrected chi connectivity index (χ0v) is 34.9. The summed E-state index contributed by atoms with van der Waals surface area (Å²) in [5.74, 6) is -9.01. The summed E-state index contributed by atoms with van der Waals surface area (Å²) in [6.45, 7) is -3.43. The quantitative estimate of drug-likeness (QED) is 0.0299. The lowest BCUT2D eigenvalue weighted by Crippen LogP contribution is -2.58. The number of aliphatic hydroxyl groups excluding tert-OH is 4. The monoisotopic (exact) mass is 897 g/mol. The Morgan fingerprint density at radius 1 is 0.508 bits per heavy atom. The van der Waals surface area contributed by atoms with Gasteiger partial charge in [0.1, 0.15) is 41.7 Å². The smallest absolute Gasteiger partial charge is 0.335 e. The van der Waals surface area contributed by atoms with Gasteiger partial charge >= 0.3 is 11.9 Å². The topological polar surface area (TPSA) is 386 Å². The third-order valence-corrected chi connectivity index (χ3v) is 8.95. The van der Waals surface area contributed by atoms with E-state index >= 15 is 0 Å². The van der Waals surface area contributed by atoms with Gasteiger partial charge in [0, 0.05) is 12.8 Å². The number of hydrogen-bond donors (Lipinski definition) is 13. The van der Waals surface area contributed by atoms with Crippen molar-refractivity contribution in [3.63, 3.8) is 0 Å². The molecule has 63 heavy (non-hydrogen) atoms. The molecule has 24 heteroatoms. The van der Waals surface area contributed by atoms with Crippen molar-refractivity contribution in [3.8, 4) is 5.75 Å². The number of ether oxygens (including phenoxy) is 1. The first-order valence-corrected chi connectivity index (χ1v) is 20.1. The van der Waals surface area contributed by atoms with E-state index in [0.29, 0.717) is 18.8 Å². The highest BCUT2D eigenvalue weighted by Crippen LogP contribution is 2.14. The maximum atomic E-state index is 12.7. The van der Waals surface area contributed by atoms with Crippen molar-refractivity contribution in [3.05, 3.63) is 29.8 Å². The number of Topliss-reactive ketones (excluding diaryl/α,β-unsaturated/α-hetero) is 1. The average molecular weight is 898 g/mol. The summed E-state index contributed by atoms with van der Waals surface area (Å²) in [6, 6.07) is -1.88. The minimum Gasteiger partial charge on any atom is -0.494 e. The molecule has 1 aromatic rings. The molecule has 0 aliphatic heterocycles. The third kappa shape index (κ3) is 23.0. The van der Waals surface area contributed by atoms with Crippen LogP contribution in [0.25, 0.3) is 0 Å². The average Bonchev–Trinajstić information content (AvgIpc) is 3.25. The van der Waals surface area contributed by atoms with Crippen LogP contribution in [0.15, 0.2) is 24.3 Å². The first kappa shape index (κ1) is 54.8. The van der Waals surface area contributed by atoms with Crippen LogP contribution in [0.4, 0.5) is 0 Å². The van der Waals surface area contributed by atoms with Crippen LogP contribution in [-0.4, -0.2) is 166 Å². The molecule has 1 aromatic carbocycles. The molecule has 7 amide bonds. The Kier molecular flexibility index (Phi) is 26.7. The van der Waals surface area contributed by atoms with E-state index in [1.54, 1.807) is 12.1 Å². The van der Waals surface area contributed by atoms with E-state index in [2.05, 4.69) is 37.2 Å². The number of nitrogens with one attached hydrogen (secondary N) is 7. The maximum Gasteiger partial charge on any atom is 0.335 e. The zero-order chi connectivity index (χ0) is 47.3. The van der Waals surface area contributed by atoms with Gasteiger partial charge in [-0.1, -0.05) is 32.1 Å². The van der Waals surface area contributed by atoms with Crippen LogP contribution in [-0.2, 0) is 43.2 Å². The minimum absolute atomic E-state index is 0.0553. The molecular formula is C39H59N7O17. The van der Waals surface area contributed by atoms with E-state index in [0.717, 1.165) is 38.5 Å². The Labute approximate surface area is 362 Å². The summed E-state index contributed by atoms with van der Waals surface area (Å²) in [6.07, 6.45) is 4.86. The van der Waals surface area contributed by atoms with E-state index < -0.39 is 129 Å². The van der Waals surface area contributed by atoms with Crippen LogP contribution < -0.4 is 42.0 Å². The minimum atomic E-state index is -1.72. The molecule has 5 atom stereocenters. The van der Waals surface area contributed by atoms with Crippen molar-refractivity contribution in [2.75, 3.05) is 46.1 Å². The second-order valence-corrected chi connectivity index (χ2v) is 14.1. The third-order valence-electron chi connectivity index (χ3n) is 8.95. The molecular weight excluding hydrogens is 838 g/mol. The molecule has 0 fully saturated rings. The maximum absolute atomic E-state index is 12.7. The van der Waals surface area contributed by atoms with Gasteiger partial charge in [-0.3, -0.25) is 38.4 Å². The lowest BCUT2D eigenvalue weighted by Gasteiger charge is -2.22. The number of aromatic carboxylic acids is 1. The number of carboxylic acids is 2. The van der Waals surface area contributed by atoms with Gasteiger partial charge in [-0.05, 0) is 50.5 Å². The van der Waals surface area contributed by atoms with Crippen molar-refractivity contribution < 1.29 is 83.3 Å². The second-order valence-electron chi connectivity index (χ2n) is 14.1. The van der Waals surface area contributed by atoms with Crippen LogP contribution in [0.1, 0.15) is 81.5 Å². The Morgan fingerprint density at radius 2 is 0.937 bits per heavy atom. The summed E-state index contributed by atoms with van der Waals surface area (Å²) < 4.78 is 5.61. The standard InChI is InChI=1S/C39H59N7O17/c1-23(51)17-40-34(55)27(19-47)45-37(58)30(22-50)44-33(54)18-41-35(56)28(20-48)46-36(57)29(21-49)43-32(53)15-14-26(39(61)62)42-31(52)9-7-5-3-2-4-6-8-16-63-25-12-10-24(11-13-25)38(59)60/h10-13,26-30,47-50H,2-9,14-22H2,1H3,(H,40,55)(H,41,56)(H,42,52)(H,43,53)(H,44,54)(H,45,58)(H,46,57)(H,59,60)(H,61,62)/t26-,27-,28-,29-,30-/m0/s1. The first-order valence-electron chi connectivity index (χ1n) is 20.1. The van der Waals surface area contributed by atoms with Gasteiger partial charge in [-0.25, -0.2) is 9.59 Å². The highest BCUT2D eigenvalue weighted by Gasteiger charge is 2.29. The number of aliphatic carboxylic acids is 1. The Balaban J connectivity index is 2.43. The first-order chi connectivity index (χ1) is 29.9. The molecule has 0 heterocycles. The van der Waals surface area contributed by atoms with Gasteiger partial charge in [0.05, 0.1) is 51.7 Å². The molecule has 0 spiro atoms. The molecule has 0 saturated carbocycles. The molecule has 13 N–H and O–H groups in total. The highest BCUT2D eigenvalue weighted by atomic mass is 16.5. The number of benzene rings is 1. The van der Waals surface area contributed by atoms with E-state index in [1.165, 1.54) is 19.1 Å². The molecule has 352 valence electrons. The van der Waals surface area contributed by atoms with E-state index in [-0.39, 0.29) is 24.9 Å². The lowest BCUT2D eigenvalue weighted by molar-refractivity contribution is -0.142. The molecule has 0 aromatic heterocycles. The molecule has 1 rings (SSSR count). The Morgan fingerprint density at radius 3 is 1.41 bits per heavy atom. The van der Waals surface area contributed by atoms with Gasteiger partial charge in [-0.2, -0.15) is 0 Å². The SMILES string of the molecule is CC(=O)CNC(=O)[C@H](CO)NC(=O)[C@H](CO)NC(=O)CNC(=O)[C@H](CO)NC(=O)[C@H](CO)NC(=O)CC[C@H](NC(=O)CCCCCCCCCOc1ccc(C(=O)O)cc1)C(=O)O. The van der Waals surface area contributed by atoms with Crippen molar-refractivity contribution >= 4 is 59.1 Å². The van der Waals surface area contributed by atoms with Crippen LogP contribution in [0, 0.1) is 0 Å². The summed E-state index contributed by atoms with van der Waals surface area (Å²) in [4.78, 5) is 121. The van der Waals surface area contributed by atoms with E-state index in [9.17, 15) is 73.5 Å². The second kappa shape index (κ2) is 30.7. The fourth-order valence-corrected chi connectivity index (χ4v) is 5.41. The number of aliphatic hydroxyl groups is 4. The number of amides is 7. The summed E-state index contributed by atoms with van der Waals surface area (Å²) in [5.41, 5.74) is 0.177. The summed E-state index contributed by atoms with van der Waals surface area (Å²) in [5, 5.41) is 71.9. The fraction of sp³-hybridized carbons (Fsp3) is 0.590. The fourth-order valence-electron chi connectivity index (χ4n) is 5.41. The molecule has 0 bridgehead atoms. The number of carbonyl (C=O) groups excluding carboxylic acids is 8. The number of carbonyl (C=O) groups is 10. The number of unbranched alkanes of at least 4 members (excludes halogenated alkanes) is 6. The van der Waals surface area contributed by atoms with Gasteiger partial charge in [0.25, 0.3) is 0 Å². The molecule has 0 aliphatic rings. The predicted octanol–water partition coefficient (Wildman–Crippen LogP) is -4.04. The number of rotatable bonds is 33. The predicted molar refractivity (Wildman–Crippen MR) is 217 cm³/mol. The van der Waals surface area contributed by atoms with E-state index in [1.807, 2.05) is 0 Å². The number of carboxylic acid groups (broad SMARTS) is 2. The van der Waals surface area contributed by atoms with Crippen LogP contribution in [0.5, 0.6) is 5.75 Å².